The van der Waals surface area contributed by atoms with Gasteiger partial charge >= 0.3 is 18.0 Å². The average Bonchev–Trinajstić information content (AvgIpc) is 3.00. The van der Waals surface area contributed by atoms with Crippen molar-refractivity contribution in [2.45, 2.75) is 26.2 Å². The lowest BCUT2D eigenvalue weighted by Crippen LogP contribution is -2.52. The van der Waals surface area contributed by atoms with Crippen molar-refractivity contribution in [1.29, 1.82) is 0 Å². The Hall–Kier alpha value is -3.38. The highest BCUT2D eigenvalue weighted by Crippen LogP contribution is 2.55. The highest BCUT2D eigenvalue weighted by atomic mass is 79.9. The molecule has 1 spiro atoms. The van der Waals surface area contributed by atoms with Crippen LogP contribution in [0.25, 0.3) is 0 Å². The Kier molecular flexibility index (Phi) is 7.32. The average molecular weight is 539 g/mol. The van der Waals surface area contributed by atoms with Gasteiger partial charge in [-0.1, -0.05) is 15.9 Å². The van der Waals surface area contributed by atoms with Gasteiger partial charge in [0.05, 0.1) is 18.9 Å². The number of esters is 2. The highest BCUT2D eigenvalue weighted by molar-refractivity contribution is 9.10. The number of amides is 2. The van der Waals surface area contributed by atoms with Crippen molar-refractivity contribution in [3.63, 3.8) is 0 Å². The standard InChI is InChI=1S/C22H23BrN2O9/c1-5-31-19(27)16-17(24)34-11(3)15(18(26)33-10-30-4)22(16)13-9-12(23)7-8-14(13)25(20(22)28)21(29)32-6-2/h7-9H,5-6,10,24H2,1-4H3. The van der Waals surface area contributed by atoms with Crippen molar-refractivity contribution in [2.75, 3.05) is 32.0 Å². The summed E-state index contributed by atoms with van der Waals surface area (Å²) in [5, 5.41) is 0. The second-order valence-electron chi connectivity index (χ2n) is 7.08. The fraction of sp³-hybridized carbons (Fsp3) is 0.364. The molecule has 0 aromatic heterocycles. The minimum absolute atomic E-state index is 0.0229. The van der Waals surface area contributed by atoms with Crippen LogP contribution in [0.15, 0.2) is 45.5 Å². The number of hydrogen-bond donors (Lipinski definition) is 1. The van der Waals surface area contributed by atoms with Crippen LogP contribution in [-0.4, -0.2) is 51.1 Å². The summed E-state index contributed by atoms with van der Waals surface area (Å²) >= 11 is 3.35. The van der Waals surface area contributed by atoms with Crippen molar-refractivity contribution < 1.29 is 42.9 Å². The van der Waals surface area contributed by atoms with Gasteiger partial charge in [-0.2, -0.15) is 0 Å². The molecule has 3 rings (SSSR count). The first-order valence-electron chi connectivity index (χ1n) is 10.2. The number of hydrogen-bond acceptors (Lipinski definition) is 10. The van der Waals surface area contributed by atoms with Crippen LogP contribution in [-0.2, 0) is 43.5 Å². The molecule has 1 unspecified atom stereocenters. The van der Waals surface area contributed by atoms with Crippen molar-refractivity contribution >= 4 is 45.6 Å². The van der Waals surface area contributed by atoms with Gasteiger partial charge in [-0.15, -0.1) is 0 Å². The van der Waals surface area contributed by atoms with Gasteiger partial charge in [0.1, 0.15) is 22.3 Å². The second-order valence-corrected chi connectivity index (χ2v) is 8.00. The molecule has 2 aliphatic heterocycles. The molecule has 0 saturated carbocycles. The number of carbonyl (C=O) groups is 4. The van der Waals surface area contributed by atoms with Crippen LogP contribution in [0.3, 0.4) is 0 Å². The van der Waals surface area contributed by atoms with E-state index in [0.717, 1.165) is 4.90 Å². The molecule has 0 saturated heterocycles. The maximum absolute atomic E-state index is 14.1. The number of carbonyl (C=O) groups excluding carboxylic acids is 4. The Labute approximate surface area is 203 Å². The van der Waals surface area contributed by atoms with Crippen molar-refractivity contribution in [3.8, 4) is 0 Å². The summed E-state index contributed by atoms with van der Waals surface area (Å²) in [5.74, 6) is -3.55. The minimum atomic E-state index is -2.21. The summed E-state index contributed by atoms with van der Waals surface area (Å²) in [4.78, 5) is 54.2. The number of rotatable bonds is 6. The van der Waals surface area contributed by atoms with E-state index < -0.39 is 47.6 Å². The Morgan fingerprint density at radius 3 is 2.35 bits per heavy atom. The largest absolute Gasteiger partial charge is 0.462 e. The van der Waals surface area contributed by atoms with Gasteiger partial charge in [-0.3, -0.25) is 4.79 Å². The Morgan fingerprint density at radius 2 is 1.74 bits per heavy atom. The number of anilines is 1. The number of nitrogens with zero attached hydrogens (tertiary/aromatic N) is 1. The Balaban J connectivity index is 2.43. The molecule has 12 heteroatoms. The topological polar surface area (TPSA) is 144 Å². The van der Waals surface area contributed by atoms with Crippen LogP contribution < -0.4 is 10.6 Å². The molecular weight excluding hydrogens is 516 g/mol. The van der Waals surface area contributed by atoms with Crippen LogP contribution in [0.1, 0.15) is 26.3 Å². The predicted octanol–water partition coefficient (Wildman–Crippen LogP) is 2.37. The van der Waals surface area contributed by atoms with Gasteiger partial charge < -0.3 is 29.4 Å². The lowest BCUT2D eigenvalue weighted by atomic mass is 9.67. The van der Waals surface area contributed by atoms with Gasteiger partial charge in [-0.05, 0) is 39.0 Å². The predicted molar refractivity (Wildman–Crippen MR) is 120 cm³/mol. The van der Waals surface area contributed by atoms with Gasteiger partial charge in [0, 0.05) is 17.1 Å². The minimum Gasteiger partial charge on any atom is -0.462 e. The summed E-state index contributed by atoms with van der Waals surface area (Å²) in [5.41, 5.74) is 3.28. The van der Waals surface area contributed by atoms with E-state index in [1.165, 1.54) is 26.2 Å². The molecule has 1 atom stereocenters. The summed E-state index contributed by atoms with van der Waals surface area (Å²) < 4.78 is 26.2. The van der Waals surface area contributed by atoms with E-state index >= 15 is 0 Å². The molecule has 11 nitrogen and oxygen atoms in total. The van der Waals surface area contributed by atoms with Gasteiger partial charge in [-0.25, -0.2) is 19.3 Å². The Morgan fingerprint density at radius 1 is 1.09 bits per heavy atom. The fourth-order valence-corrected chi connectivity index (χ4v) is 4.39. The third-order valence-electron chi connectivity index (χ3n) is 5.18. The molecule has 1 aromatic carbocycles. The zero-order chi connectivity index (χ0) is 25.2. The van der Waals surface area contributed by atoms with E-state index in [0.29, 0.717) is 4.47 Å². The van der Waals surface area contributed by atoms with Crippen molar-refractivity contribution in [3.05, 3.63) is 51.0 Å². The molecule has 0 radical (unpaired) electrons. The van der Waals surface area contributed by atoms with Gasteiger partial charge in [0.15, 0.2) is 6.79 Å². The molecule has 34 heavy (non-hydrogen) atoms. The van der Waals surface area contributed by atoms with Gasteiger partial charge in [0.2, 0.25) is 5.88 Å². The smallest absolute Gasteiger partial charge is 0.421 e. The number of halogens is 1. The van der Waals surface area contributed by atoms with E-state index in [9.17, 15) is 19.2 Å². The SMILES string of the molecule is CCOC(=O)C1=C(N)OC(C)=C(C(=O)OCOC)C12C(=O)N(C(=O)OCC)c1ccc(Br)cc12. The number of imide groups is 1. The quantitative estimate of drug-likeness (QED) is 0.325. The molecule has 2 N–H and O–H groups in total. The first-order valence-corrected chi connectivity index (χ1v) is 11.0. The van der Waals surface area contributed by atoms with E-state index in [4.69, 9.17) is 29.4 Å². The maximum Gasteiger partial charge on any atom is 0.421 e. The molecule has 0 fully saturated rings. The molecule has 182 valence electrons. The highest BCUT2D eigenvalue weighted by Gasteiger charge is 2.65. The monoisotopic (exact) mass is 538 g/mol. The molecule has 2 aliphatic rings. The molecule has 2 amide bonds. The van der Waals surface area contributed by atoms with Crippen LogP contribution in [0, 0.1) is 0 Å². The molecule has 1 aromatic rings. The third-order valence-corrected chi connectivity index (χ3v) is 5.67. The molecule has 0 bridgehead atoms. The van der Waals surface area contributed by atoms with Crippen molar-refractivity contribution in [2.24, 2.45) is 5.73 Å². The van der Waals surface area contributed by atoms with E-state index in [1.54, 1.807) is 19.9 Å². The lowest BCUT2D eigenvalue weighted by molar-refractivity contribution is -0.151. The molecule has 2 heterocycles. The number of ether oxygens (including phenoxy) is 5. The number of fused-ring (bicyclic) bond motifs is 2. The third kappa shape index (κ3) is 3.82. The van der Waals surface area contributed by atoms with Crippen LogP contribution in [0.2, 0.25) is 0 Å². The van der Waals surface area contributed by atoms with E-state index in [-0.39, 0.29) is 35.8 Å². The normalized spacial score (nSPS) is 19.2. The number of benzene rings is 1. The van der Waals surface area contributed by atoms with E-state index in [1.807, 2.05) is 0 Å². The van der Waals surface area contributed by atoms with E-state index in [2.05, 4.69) is 15.9 Å². The summed E-state index contributed by atoms with van der Waals surface area (Å²) in [6.07, 6.45) is -0.997. The van der Waals surface area contributed by atoms with Crippen LogP contribution in [0.5, 0.6) is 0 Å². The summed E-state index contributed by atoms with van der Waals surface area (Å²) in [7, 11) is 1.30. The zero-order valence-electron chi connectivity index (χ0n) is 18.9. The number of nitrogens with two attached hydrogens (primary N) is 1. The molecule has 0 aliphatic carbocycles. The lowest BCUT2D eigenvalue weighted by Gasteiger charge is -2.35. The zero-order valence-corrected chi connectivity index (χ0v) is 20.5. The van der Waals surface area contributed by atoms with Crippen LogP contribution in [0.4, 0.5) is 10.5 Å². The first-order chi connectivity index (χ1) is 16.2. The number of methoxy groups -OCH3 is 1. The van der Waals surface area contributed by atoms with Gasteiger partial charge in [0.25, 0.3) is 5.91 Å². The maximum atomic E-state index is 14.1. The fourth-order valence-electron chi connectivity index (χ4n) is 4.03. The summed E-state index contributed by atoms with van der Waals surface area (Å²) in [6, 6.07) is 4.57. The molecular formula is C22H23BrN2O9. The number of allylic oxidation sites excluding steroid dienone is 1. The van der Waals surface area contributed by atoms with Crippen molar-refractivity contribution in [1.82, 2.24) is 0 Å². The summed E-state index contributed by atoms with van der Waals surface area (Å²) in [6.45, 7) is 4.00. The van der Waals surface area contributed by atoms with Crippen LogP contribution >= 0.6 is 15.9 Å². The second kappa shape index (κ2) is 9.85. The first kappa shape index (κ1) is 25.2. The Bertz CT molecular complexity index is 1130.